The number of aromatic amines is 1. The van der Waals surface area contributed by atoms with Gasteiger partial charge in [-0.05, 0) is 42.7 Å². The molecule has 2 heterocycles. The van der Waals surface area contributed by atoms with Crippen LogP contribution in [0, 0.1) is 13.8 Å². The Hall–Kier alpha value is -3.10. The minimum Gasteiger partial charge on any atom is -0.325 e. The molecule has 7 nitrogen and oxygen atoms in total. The summed E-state index contributed by atoms with van der Waals surface area (Å²) >= 11 is 7.49. The predicted molar refractivity (Wildman–Crippen MR) is 126 cm³/mol. The third-order valence-corrected chi connectivity index (χ3v) is 6.73. The fourth-order valence-corrected chi connectivity index (χ4v) is 4.64. The molecule has 9 heteroatoms. The topological polar surface area (TPSA) is 104 Å². The van der Waals surface area contributed by atoms with Crippen molar-refractivity contribution >= 4 is 46.7 Å². The van der Waals surface area contributed by atoms with Crippen LogP contribution in [0.4, 0.5) is 11.5 Å². The molecule has 32 heavy (non-hydrogen) atoms. The smallest absolute Gasteiger partial charge is 0.257 e. The van der Waals surface area contributed by atoms with E-state index in [2.05, 4.69) is 20.6 Å². The number of nitrogens with zero attached hydrogens (tertiary/aromatic N) is 1. The number of anilines is 2. The van der Waals surface area contributed by atoms with Crippen molar-refractivity contribution in [1.82, 2.24) is 9.97 Å². The first-order chi connectivity index (χ1) is 15.3. The van der Waals surface area contributed by atoms with Crippen LogP contribution in [0.5, 0.6) is 0 Å². The van der Waals surface area contributed by atoms with Crippen LogP contribution in [-0.4, -0.2) is 21.8 Å². The number of aryl methyl sites for hydroxylation is 1. The molecule has 4 rings (SSSR count). The van der Waals surface area contributed by atoms with E-state index in [4.69, 9.17) is 11.6 Å². The molecule has 0 radical (unpaired) electrons. The second-order valence-corrected chi connectivity index (χ2v) is 8.93. The molecule has 0 saturated carbocycles. The highest BCUT2D eigenvalue weighted by Crippen LogP contribution is 2.32. The van der Waals surface area contributed by atoms with Gasteiger partial charge in [-0.3, -0.25) is 14.4 Å². The summed E-state index contributed by atoms with van der Waals surface area (Å²) in [7, 11) is 0. The molecule has 0 aliphatic carbocycles. The molecule has 1 unspecified atom stereocenters. The highest BCUT2D eigenvalue weighted by molar-refractivity contribution is 7.98. The first-order valence-electron chi connectivity index (χ1n) is 10.0. The van der Waals surface area contributed by atoms with E-state index in [9.17, 15) is 14.4 Å². The minimum atomic E-state index is -0.955. The van der Waals surface area contributed by atoms with Gasteiger partial charge in [0.25, 0.3) is 5.56 Å². The molecule has 2 aromatic carbocycles. The van der Waals surface area contributed by atoms with Gasteiger partial charge in [-0.25, -0.2) is 4.98 Å². The van der Waals surface area contributed by atoms with E-state index >= 15 is 0 Å². The van der Waals surface area contributed by atoms with E-state index < -0.39 is 17.4 Å². The first kappa shape index (κ1) is 22.1. The van der Waals surface area contributed by atoms with Crippen LogP contribution in [-0.2, 0) is 15.3 Å². The zero-order valence-electron chi connectivity index (χ0n) is 17.5. The molecule has 0 bridgehead atoms. The lowest BCUT2D eigenvalue weighted by Crippen LogP contribution is -2.36. The van der Waals surface area contributed by atoms with Crippen LogP contribution in [0.2, 0.25) is 5.02 Å². The number of thioether (sulfide) groups is 1. The summed E-state index contributed by atoms with van der Waals surface area (Å²) in [5.74, 6) is -1.04. The van der Waals surface area contributed by atoms with Crippen molar-refractivity contribution in [3.63, 3.8) is 0 Å². The number of H-pyrrole nitrogens is 1. The fourth-order valence-electron chi connectivity index (χ4n) is 3.52. The van der Waals surface area contributed by atoms with Gasteiger partial charge < -0.3 is 15.6 Å². The summed E-state index contributed by atoms with van der Waals surface area (Å²) < 4.78 is 0. The number of amides is 2. The molecular formula is C23H21ClN4O3S. The number of rotatable bonds is 5. The monoisotopic (exact) mass is 468 g/mol. The molecule has 164 valence electrons. The lowest BCUT2D eigenvalue weighted by atomic mass is 9.92. The van der Waals surface area contributed by atoms with E-state index in [1.54, 1.807) is 25.1 Å². The van der Waals surface area contributed by atoms with Crippen molar-refractivity contribution in [1.29, 1.82) is 0 Å². The van der Waals surface area contributed by atoms with Gasteiger partial charge in [0, 0.05) is 22.9 Å². The molecule has 1 aliphatic rings. The van der Waals surface area contributed by atoms with E-state index in [1.807, 2.05) is 31.2 Å². The summed E-state index contributed by atoms with van der Waals surface area (Å²) in [6.07, 6.45) is -0.140. The summed E-state index contributed by atoms with van der Waals surface area (Å²) in [6, 6.07) is 13.1. The quantitative estimate of drug-likeness (QED) is 0.380. The highest BCUT2D eigenvalue weighted by Gasteiger charge is 2.35. The van der Waals surface area contributed by atoms with E-state index in [-0.39, 0.29) is 23.7 Å². The summed E-state index contributed by atoms with van der Waals surface area (Å²) in [5, 5.41) is 6.32. The van der Waals surface area contributed by atoms with Crippen molar-refractivity contribution in [2.45, 2.75) is 37.1 Å². The molecule has 0 spiro atoms. The second-order valence-electron chi connectivity index (χ2n) is 7.56. The SMILES string of the molecule is Cc1ccccc1CSc1nc2c(c(=O)[nH]1)C(C(=O)Nc1cccc(Cl)c1C)CC(=O)N2. The van der Waals surface area contributed by atoms with Crippen LogP contribution in [0.25, 0.3) is 0 Å². The van der Waals surface area contributed by atoms with Gasteiger partial charge in [-0.15, -0.1) is 0 Å². The van der Waals surface area contributed by atoms with Crippen molar-refractivity contribution in [3.8, 4) is 0 Å². The summed E-state index contributed by atoms with van der Waals surface area (Å²) in [4.78, 5) is 45.4. The fraction of sp³-hybridized carbons (Fsp3) is 0.217. The Morgan fingerprint density at radius 1 is 1.19 bits per heavy atom. The standard InChI is InChI=1S/C23H21ClN4O3S/c1-12-6-3-4-7-14(12)11-32-23-27-20-19(22(31)28-23)15(10-18(29)26-20)21(30)25-17-9-5-8-16(24)13(17)2/h3-9,15H,10-11H2,1-2H3,(H,25,30)(H2,26,27,28,29,31). The third kappa shape index (κ3) is 4.56. The van der Waals surface area contributed by atoms with Crippen LogP contribution >= 0.6 is 23.4 Å². The van der Waals surface area contributed by atoms with Gasteiger partial charge in [0.2, 0.25) is 11.8 Å². The third-order valence-electron chi connectivity index (χ3n) is 5.40. The summed E-state index contributed by atoms with van der Waals surface area (Å²) in [5.41, 5.74) is 3.22. The minimum absolute atomic E-state index is 0.125. The van der Waals surface area contributed by atoms with E-state index in [0.29, 0.717) is 27.2 Å². The zero-order chi connectivity index (χ0) is 22.8. The Kier molecular flexibility index (Phi) is 6.34. The summed E-state index contributed by atoms with van der Waals surface area (Å²) in [6.45, 7) is 3.80. The molecule has 1 atom stereocenters. The molecular weight excluding hydrogens is 448 g/mol. The normalized spacial score (nSPS) is 15.1. The maximum Gasteiger partial charge on any atom is 0.257 e. The van der Waals surface area contributed by atoms with Crippen LogP contribution in [0.3, 0.4) is 0 Å². The van der Waals surface area contributed by atoms with Gasteiger partial charge >= 0.3 is 0 Å². The Morgan fingerprint density at radius 3 is 2.75 bits per heavy atom. The van der Waals surface area contributed by atoms with Crippen LogP contribution in [0.1, 0.15) is 34.6 Å². The van der Waals surface area contributed by atoms with Gasteiger partial charge in [-0.1, -0.05) is 53.7 Å². The number of carbonyl (C=O) groups is 2. The highest BCUT2D eigenvalue weighted by atomic mass is 35.5. The van der Waals surface area contributed by atoms with Crippen molar-refractivity contribution < 1.29 is 9.59 Å². The average Bonchev–Trinajstić information content (AvgIpc) is 2.75. The molecule has 2 amide bonds. The average molecular weight is 469 g/mol. The molecule has 3 aromatic rings. The first-order valence-corrected chi connectivity index (χ1v) is 11.4. The molecule has 1 aliphatic heterocycles. The number of halogens is 1. The number of carbonyl (C=O) groups excluding carboxylic acids is 2. The van der Waals surface area contributed by atoms with Gasteiger partial charge in [0.15, 0.2) is 5.16 Å². The number of aromatic nitrogens is 2. The number of hydrogen-bond donors (Lipinski definition) is 3. The zero-order valence-corrected chi connectivity index (χ0v) is 19.1. The number of hydrogen-bond acceptors (Lipinski definition) is 5. The molecule has 1 aromatic heterocycles. The van der Waals surface area contributed by atoms with Crippen molar-refractivity contribution in [2.24, 2.45) is 0 Å². The Morgan fingerprint density at radius 2 is 1.97 bits per heavy atom. The van der Waals surface area contributed by atoms with E-state index in [1.165, 1.54) is 11.8 Å². The Labute approximate surface area is 194 Å². The van der Waals surface area contributed by atoms with E-state index in [0.717, 1.165) is 11.1 Å². The number of nitrogens with one attached hydrogen (secondary N) is 3. The Balaban J connectivity index is 1.60. The molecule has 0 saturated heterocycles. The lowest BCUT2D eigenvalue weighted by molar-refractivity contribution is -0.123. The molecule has 3 N–H and O–H groups in total. The molecule has 0 fully saturated rings. The number of benzene rings is 2. The van der Waals surface area contributed by atoms with Crippen LogP contribution in [0.15, 0.2) is 52.4 Å². The van der Waals surface area contributed by atoms with Crippen molar-refractivity contribution in [3.05, 3.63) is 80.1 Å². The number of fused-ring (bicyclic) bond motifs is 1. The van der Waals surface area contributed by atoms with Gasteiger partial charge in [-0.2, -0.15) is 0 Å². The van der Waals surface area contributed by atoms with Gasteiger partial charge in [0.05, 0.1) is 11.5 Å². The Bertz CT molecular complexity index is 1270. The lowest BCUT2D eigenvalue weighted by Gasteiger charge is -2.24. The maximum absolute atomic E-state index is 13.0. The predicted octanol–water partition coefficient (Wildman–Crippen LogP) is 4.40. The van der Waals surface area contributed by atoms with Gasteiger partial charge in [0.1, 0.15) is 5.82 Å². The second kappa shape index (κ2) is 9.18. The van der Waals surface area contributed by atoms with Crippen LogP contribution < -0.4 is 16.2 Å². The largest absolute Gasteiger partial charge is 0.325 e. The maximum atomic E-state index is 13.0. The van der Waals surface area contributed by atoms with Crippen molar-refractivity contribution in [2.75, 3.05) is 10.6 Å².